The molecule has 0 bridgehead atoms. The molecule has 1 unspecified atom stereocenters. The molecule has 0 radical (unpaired) electrons. The maximum atomic E-state index is 3.50. The van der Waals surface area contributed by atoms with Crippen molar-refractivity contribution in [3.63, 3.8) is 0 Å². The molecular formula is C18H31N3. The van der Waals surface area contributed by atoms with Gasteiger partial charge in [0.1, 0.15) is 0 Å². The van der Waals surface area contributed by atoms with Crippen molar-refractivity contribution in [1.82, 2.24) is 15.1 Å². The van der Waals surface area contributed by atoms with Crippen LogP contribution >= 0.6 is 0 Å². The molecule has 3 nitrogen and oxygen atoms in total. The predicted octanol–water partition coefficient (Wildman–Crippen LogP) is 2.75. The van der Waals surface area contributed by atoms with Crippen LogP contribution in [0.2, 0.25) is 0 Å². The zero-order valence-corrected chi connectivity index (χ0v) is 13.7. The van der Waals surface area contributed by atoms with E-state index >= 15 is 0 Å². The van der Waals surface area contributed by atoms with E-state index in [1.54, 1.807) is 0 Å². The van der Waals surface area contributed by atoms with Crippen molar-refractivity contribution in [3.05, 3.63) is 35.9 Å². The number of likely N-dealkylation sites (N-methyl/N-ethyl adjacent to an activating group) is 1. The standard InChI is InChI=1S/C18H31N3/c1-3-11-19-12-7-8-13-21-15-14-20(2)16-18(21)17-9-5-4-6-10-17/h4-6,9-10,18-19H,3,7-8,11-16H2,1-2H3. The van der Waals surface area contributed by atoms with Crippen LogP contribution in [0.5, 0.6) is 0 Å². The lowest BCUT2D eigenvalue weighted by Gasteiger charge is -2.40. The number of unbranched alkanes of at least 4 members (excludes halogenated alkanes) is 1. The van der Waals surface area contributed by atoms with Crippen LogP contribution in [0.15, 0.2) is 30.3 Å². The molecule has 0 amide bonds. The maximum Gasteiger partial charge on any atom is 0.0475 e. The third-order valence-corrected chi connectivity index (χ3v) is 4.35. The van der Waals surface area contributed by atoms with E-state index < -0.39 is 0 Å². The van der Waals surface area contributed by atoms with Gasteiger partial charge in [0.05, 0.1) is 0 Å². The van der Waals surface area contributed by atoms with E-state index in [0.717, 1.165) is 19.6 Å². The Hall–Kier alpha value is -0.900. The molecule has 21 heavy (non-hydrogen) atoms. The zero-order valence-electron chi connectivity index (χ0n) is 13.7. The Bertz CT molecular complexity index is 379. The monoisotopic (exact) mass is 289 g/mol. The average molecular weight is 289 g/mol. The molecule has 1 fully saturated rings. The van der Waals surface area contributed by atoms with E-state index in [1.807, 2.05) is 0 Å². The molecule has 118 valence electrons. The Morgan fingerprint density at radius 2 is 1.90 bits per heavy atom. The Balaban J connectivity index is 1.81. The molecular weight excluding hydrogens is 258 g/mol. The quantitative estimate of drug-likeness (QED) is 0.742. The minimum Gasteiger partial charge on any atom is -0.317 e. The number of nitrogens with zero attached hydrogens (tertiary/aromatic N) is 2. The first-order valence-electron chi connectivity index (χ1n) is 8.49. The van der Waals surface area contributed by atoms with E-state index in [-0.39, 0.29) is 0 Å². The molecule has 1 aliphatic heterocycles. The Morgan fingerprint density at radius 3 is 2.67 bits per heavy atom. The minimum absolute atomic E-state index is 0.563. The fourth-order valence-corrected chi connectivity index (χ4v) is 3.08. The maximum absolute atomic E-state index is 3.50. The summed E-state index contributed by atoms with van der Waals surface area (Å²) < 4.78 is 0. The topological polar surface area (TPSA) is 18.5 Å². The molecule has 0 aliphatic carbocycles. The molecule has 1 N–H and O–H groups in total. The molecule has 1 atom stereocenters. The molecule has 0 aromatic heterocycles. The predicted molar refractivity (Wildman–Crippen MR) is 90.6 cm³/mol. The van der Waals surface area contributed by atoms with E-state index in [1.165, 1.54) is 44.5 Å². The molecule has 1 heterocycles. The van der Waals surface area contributed by atoms with Crippen LogP contribution in [0.4, 0.5) is 0 Å². The first-order chi connectivity index (χ1) is 10.3. The van der Waals surface area contributed by atoms with Crippen molar-refractivity contribution in [2.24, 2.45) is 0 Å². The normalized spacial score (nSPS) is 20.8. The first-order valence-corrected chi connectivity index (χ1v) is 8.49. The highest BCUT2D eigenvalue weighted by Gasteiger charge is 2.25. The number of hydrogen-bond donors (Lipinski definition) is 1. The highest BCUT2D eigenvalue weighted by atomic mass is 15.3. The van der Waals surface area contributed by atoms with Crippen molar-refractivity contribution < 1.29 is 0 Å². The van der Waals surface area contributed by atoms with Crippen LogP contribution in [0, 0.1) is 0 Å². The molecule has 2 rings (SSSR count). The second kappa shape index (κ2) is 9.19. The van der Waals surface area contributed by atoms with Gasteiger partial charge in [-0.3, -0.25) is 4.90 Å². The smallest absolute Gasteiger partial charge is 0.0475 e. The Labute approximate surface area is 130 Å². The van der Waals surface area contributed by atoms with Gasteiger partial charge in [-0.1, -0.05) is 37.3 Å². The average Bonchev–Trinajstić information content (AvgIpc) is 2.53. The SMILES string of the molecule is CCCNCCCCN1CCN(C)CC1c1ccccc1. The summed E-state index contributed by atoms with van der Waals surface area (Å²) in [4.78, 5) is 5.13. The molecule has 1 saturated heterocycles. The van der Waals surface area contributed by atoms with Gasteiger partial charge in [0, 0.05) is 25.7 Å². The van der Waals surface area contributed by atoms with Crippen LogP contribution in [-0.2, 0) is 0 Å². The lowest BCUT2D eigenvalue weighted by atomic mass is 10.0. The lowest BCUT2D eigenvalue weighted by Crippen LogP contribution is -2.47. The second-order valence-corrected chi connectivity index (χ2v) is 6.18. The van der Waals surface area contributed by atoms with Crippen LogP contribution in [0.1, 0.15) is 37.8 Å². The fourth-order valence-electron chi connectivity index (χ4n) is 3.08. The summed E-state index contributed by atoms with van der Waals surface area (Å²) >= 11 is 0. The summed E-state index contributed by atoms with van der Waals surface area (Å²) in [6.07, 6.45) is 3.81. The summed E-state index contributed by atoms with van der Waals surface area (Å²) in [5.41, 5.74) is 1.47. The van der Waals surface area contributed by atoms with E-state index in [0.29, 0.717) is 6.04 Å². The summed E-state index contributed by atoms with van der Waals surface area (Å²) in [6.45, 7) is 9.30. The fraction of sp³-hybridized carbons (Fsp3) is 0.667. The number of rotatable bonds is 8. The Morgan fingerprint density at radius 1 is 1.10 bits per heavy atom. The van der Waals surface area contributed by atoms with Crippen LogP contribution in [0.25, 0.3) is 0 Å². The summed E-state index contributed by atoms with van der Waals surface area (Å²) in [7, 11) is 2.24. The molecule has 1 aromatic carbocycles. The minimum atomic E-state index is 0.563. The van der Waals surface area contributed by atoms with Gasteiger partial charge in [-0.2, -0.15) is 0 Å². The van der Waals surface area contributed by atoms with Crippen molar-refractivity contribution in [2.75, 3.05) is 46.3 Å². The van der Waals surface area contributed by atoms with Gasteiger partial charge in [-0.25, -0.2) is 0 Å². The van der Waals surface area contributed by atoms with E-state index in [2.05, 4.69) is 59.4 Å². The van der Waals surface area contributed by atoms with Crippen LogP contribution in [-0.4, -0.2) is 56.1 Å². The highest BCUT2D eigenvalue weighted by Crippen LogP contribution is 2.24. The third-order valence-electron chi connectivity index (χ3n) is 4.35. The zero-order chi connectivity index (χ0) is 14.9. The third kappa shape index (κ3) is 5.42. The van der Waals surface area contributed by atoms with Gasteiger partial charge in [-0.15, -0.1) is 0 Å². The Kier molecular flexibility index (Phi) is 7.20. The van der Waals surface area contributed by atoms with Gasteiger partial charge >= 0.3 is 0 Å². The van der Waals surface area contributed by atoms with Crippen LogP contribution in [0.3, 0.4) is 0 Å². The van der Waals surface area contributed by atoms with Crippen molar-refractivity contribution in [3.8, 4) is 0 Å². The molecule has 1 aromatic rings. The van der Waals surface area contributed by atoms with Gasteiger partial charge in [0.2, 0.25) is 0 Å². The number of piperazine rings is 1. The summed E-state index contributed by atoms with van der Waals surface area (Å²) in [6, 6.07) is 11.6. The van der Waals surface area contributed by atoms with Gasteiger partial charge in [-0.05, 0) is 51.5 Å². The molecule has 0 saturated carbocycles. The van der Waals surface area contributed by atoms with E-state index in [4.69, 9.17) is 0 Å². The number of nitrogens with one attached hydrogen (secondary N) is 1. The van der Waals surface area contributed by atoms with Crippen molar-refractivity contribution >= 4 is 0 Å². The van der Waals surface area contributed by atoms with Gasteiger partial charge in [0.15, 0.2) is 0 Å². The number of hydrogen-bond acceptors (Lipinski definition) is 3. The lowest BCUT2D eigenvalue weighted by molar-refractivity contribution is 0.0883. The van der Waals surface area contributed by atoms with Gasteiger partial charge < -0.3 is 10.2 Å². The second-order valence-electron chi connectivity index (χ2n) is 6.18. The van der Waals surface area contributed by atoms with Crippen molar-refractivity contribution in [1.29, 1.82) is 0 Å². The highest BCUT2D eigenvalue weighted by molar-refractivity contribution is 5.20. The van der Waals surface area contributed by atoms with Crippen LogP contribution < -0.4 is 5.32 Å². The summed E-state index contributed by atoms with van der Waals surface area (Å²) in [5.74, 6) is 0. The number of benzene rings is 1. The molecule has 1 aliphatic rings. The first kappa shape index (κ1) is 16.5. The molecule has 0 spiro atoms. The summed E-state index contributed by atoms with van der Waals surface area (Å²) in [5, 5.41) is 3.50. The largest absolute Gasteiger partial charge is 0.317 e. The van der Waals surface area contributed by atoms with E-state index in [9.17, 15) is 0 Å². The van der Waals surface area contributed by atoms with Gasteiger partial charge in [0.25, 0.3) is 0 Å². The van der Waals surface area contributed by atoms with Crippen molar-refractivity contribution in [2.45, 2.75) is 32.2 Å². The molecule has 3 heteroatoms.